The Hall–Kier alpha value is -3.09. The van der Waals surface area contributed by atoms with E-state index in [1.165, 1.54) is 4.57 Å². The summed E-state index contributed by atoms with van der Waals surface area (Å²) in [5.74, 6) is -0.546. The van der Waals surface area contributed by atoms with E-state index >= 15 is 0 Å². The summed E-state index contributed by atoms with van der Waals surface area (Å²) in [6.45, 7) is 4.47. The fraction of sp³-hybridized carbons (Fsp3) is 0.316. The standard InChI is InChI=1S/C19H19N3O4/c1-3-8-22-16-15(17(23)21-19(22)25)13(11-7-5-4-6-10(11)2)14-12(20-16)9-26-18(14)24/h4-7,13,20H,3,8-9H2,1-2H3,(H,21,23,25)/t13-/m1/s1. The molecule has 0 aliphatic carbocycles. The molecule has 134 valence electrons. The average molecular weight is 353 g/mol. The zero-order valence-corrected chi connectivity index (χ0v) is 14.6. The average Bonchev–Trinajstić information content (AvgIpc) is 2.98. The van der Waals surface area contributed by atoms with Crippen molar-refractivity contribution in [3.63, 3.8) is 0 Å². The Labute approximate surface area is 149 Å². The van der Waals surface area contributed by atoms with Gasteiger partial charge in [0.15, 0.2) is 0 Å². The summed E-state index contributed by atoms with van der Waals surface area (Å²) in [5.41, 5.74) is 2.32. The normalized spacial score (nSPS) is 18.2. The Morgan fingerprint density at radius 1 is 1.23 bits per heavy atom. The number of rotatable bonds is 3. The van der Waals surface area contributed by atoms with Gasteiger partial charge in [-0.3, -0.25) is 14.3 Å². The molecule has 0 unspecified atom stereocenters. The number of esters is 1. The minimum Gasteiger partial charge on any atom is -0.456 e. The predicted molar refractivity (Wildman–Crippen MR) is 96.2 cm³/mol. The number of anilines is 1. The maximum absolute atomic E-state index is 12.7. The van der Waals surface area contributed by atoms with Crippen LogP contribution in [0.2, 0.25) is 0 Å². The van der Waals surface area contributed by atoms with Gasteiger partial charge < -0.3 is 10.1 Å². The van der Waals surface area contributed by atoms with Crippen molar-refractivity contribution in [1.29, 1.82) is 0 Å². The van der Waals surface area contributed by atoms with Crippen molar-refractivity contribution < 1.29 is 9.53 Å². The monoisotopic (exact) mass is 353 g/mol. The van der Waals surface area contributed by atoms with Gasteiger partial charge in [0.2, 0.25) is 0 Å². The van der Waals surface area contributed by atoms with Crippen molar-refractivity contribution in [2.75, 3.05) is 11.9 Å². The molecule has 0 bridgehead atoms. The summed E-state index contributed by atoms with van der Waals surface area (Å²) in [6, 6.07) is 7.62. The molecule has 26 heavy (non-hydrogen) atoms. The van der Waals surface area contributed by atoms with E-state index in [0.717, 1.165) is 17.5 Å². The highest BCUT2D eigenvalue weighted by Gasteiger charge is 2.41. The van der Waals surface area contributed by atoms with E-state index in [1.807, 2.05) is 38.1 Å². The molecule has 1 aromatic heterocycles. The molecule has 2 aromatic rings. The minimum atomic E-state index is -0.565. The number of aromatic nitrogens is 2. The summed E-state index contributed by atoms with van der Waals surface area (Å²) in [4.78, 5) is 39.9. The van der Waals surface area contributed by atoms with E-state index in [-0.39, 0.29) is 6.61 Å². The summed E-state index contributed by atoms with van der Waals surface area (Å²) in [5, 5.41) is 3.12. The van der Waals surface area contributed by atoms with Crippen molar-refractivity contribution in [1.82, 2.24) is 9.55 Å². The third-order valence-electron chi connectivity index (χ3n) is 4.92. The molecule has 4 rings (SSSR count). The van der Waals surface area contributed by atoms with Crippen molar-refractivity contribution in [2.24, 2.45) is 0 Å². The van der Waals surface area contributed by atoms with Crippen LogP contribution in [0.4, 0.5) is 5.82 Å². The molecular formula is C19H19N3O4. The van der Waals surface area contributed by atoms with Gasteiger partial charge in [0.05, 0.1) is 22.8 Å². The number of carbonyl (C=O) groups is 1. The van der Waals surface area contributed by atoms with Crippen molar-refractivity contribution in [3.8, 4) is 0 Å². The van der Waals surface area contributed by atoms with Gasteiger partial charge in [0.1, 0.15) is 12.4 Å². The lowest BCUT2D eigenvalue weighted by Crippen LogP contribution is -2.38. The first-order valence-electron chi connectivity index (χ1n) is 8.62. The van der Waals surface area contributed by atoms with Crippen LogP contribution in [0.5, 0.6) is 0 Å². The number of H-pyrrole nitrogens is 1. The second kappa shape index (κ2) is 6.01. The molecule has 7 heteroatoms. The fourth-order valence-corrected chi connectivity index (χ4v) is 3.75. The van der Waals surface area contributed by atoms with Gasteiger partial charge in [-0.05, 0) is 24.5 Å². The molecule has 0 radical (unpaired) electrons. The highest BCUT2D eigenvalue weighted by atomic mass is 16.5. The topological polar surface area (TPSA) is 93.2 Å². The molecule has 0 fully saturated rings. The molecule has 0 amide bonds. The fourth-order valence-electron chi connectivity index (χ4n) is 3.75. The highest BCUT2D eigenvalue weighted by molar-refractivity contribution is 5.97. The van der Waals surface area contributed by atoms with Gasteiger partial charge in [-0.2, -0.15) is 0 Å². The SMILES string of the molecule is CCCn1c2c(c(=O)[nH]c1=O)[C@H](c1ccccc1C)C1=C(COC1=O)N2. The Kier molecular flexibility index (Phi) is 3.79. The van der Waals surface area contributed by atoms with Crippen LogP contribution >= 0.6 is 0 Å². The minimum absolute atomic E-state index is 0.114. The molecule has 2 aliphatic heterocycles. The number of nitrogens with one attached hydrogen (secondary N) is 2. The number of ether oxygens (including phenoxy) is 1. The second-order valence-corrected chi connectivity index (χ2v) is 6.56. The maximum atomic E-state index is 12.7. The van der Waals surface area contributed by atoms with Gasteiger partial charge in [-0.25, -0.2) is 9.59 Å². The molecule has 0 saturated carbocycles. The van der Waals surface area contributed by atoms with Crippen LogP contribution in [-0.2, 0) is 16.1 Å². The van der Waals surface area contributed by atoms with Crippen LogP contribution in [0, 0.1) is 6.92 Å². The van der Waals surface area contributed by atoms with E-state index in [1.54, 1.807) is 0 Å². The quantitative estimate of drug-likeness (QED) is 0.818. The number of aryl methyl sites for hydroxylation is 1. The molecule has 7 nitrogen and oxygen atoms in total. The number of benzene rings is 1. The molecule has 0 spiro atoms. The first kappa shape index (κ1) is 16.4. The number of fused-ring (bicyclic) bond motifs is 1. The Morgan fingerprint density at radius 2 is 2.00 bits per heavy atom. The van der Waals surface area contributed by atoms with E-state index in [0.29, 0.717) is 29.2 Å². The lowest BCUT2D eigenvalue weighted by molar-refractivity contribution is -0.136. The molecule has 3 heterocycles. The van der Waals surface area contributed by atoms with Crippen molar-refractivity contribution in [2.45, 2.75) is 32.7 Å². The summed E-state index contributed by atoms with van der Waals surface area (Å²) in [7, 11) is 0. The second-order valence-electron chi connectivity index (χ2n) is 6.56. The Bertz CT molecular complexity index is 1060. The van der Waals surface area contributed by atoms with Crippen molar-refractivity contribution >= 4 is 11.8 Å². The van der Waals surface area contributed by atoms with Gasteiger partial charge in [-0.15, -0.1) is 0 Å². The largest absolute Gasteiger partial charge is 0.456 e. The number of hydrogen-bond donors (Lipinski definition) is 2. The number of aromatic amines is 1. The lowest BCUT2D eigenvalue weighted by Gasteiger charge is -2.28. The zero-order chi connectivity index (χ0) is 18.4. The summed E-state index contributed by atoms with van der Waals surface area (Å²) >= 11 is 0. The molecule has 2 N–H and O–H groups in total. The first-order valence-corrected chi connectivity index (χ1v) is 8.62. The van der Waals surface area contributed by atoms with Crippen LogP contribution in [0.3, 0.4) is 0 Å². The van der Waals surface area contributed by atoms with E-state index in [2.05, 4.69) is 10.3 Å². The zero-order valence-electron chi connectivity index (χ0n) is 14.6. The number of hydrogen-bond acceptors (Lipinski definition) is 5. The molecule has 2 aliphatic rings. The van der Waals surface area contributed by atoms with Crippen LogP contribution in [0.1, 0.15) is 36.0 Å². The van der Waals surface area contributed by atoms with Crippen LogP contribution in [0.15, 0.2) is 45.1 Å². The lowest BCUT2D eigenvalue weighted by atomic mass is 9.81. The van der Waals surface area contributed by atoms with Gasteiger partial charge in [0, 0.05) is 6.54 Å². The van der Waals surface area contributed by atoms with Crippen LogP contribution in [0.25, 0.3) is 0 Å². The number of nitrogens with zero attached hydrogens (tertiary/aromatic N) is 1. The first-order chi connectivity index (χ1) is 12.5. The van der Waals surface area contributed by atoms with E-state index < -0.39 is 23.1 Å². The smallest absolute Gasteiger partial charge is 0.337 e. The molecule has 1 atom stereocenters. The maximum Gasteiger partial charge on any atom is 0.337 e. The van der Waals surface area contributed by atoms with Gasteiger partial charge in [-0.1, -0.05) is 31.2 Å². The van der Waals surface area contributed by atoms with Crippen molar-refractivity contribution in [3.05, 3.63) is 73.1 Å². The molecular weight excluding hydrogens is 334 g/mol. The molecule has 0 saturated heterocycles. The Balaban J connectivity index is 2.06. The van der Waals surface area contributed by atoms with Gasteiger partial charge >= 0.3 is 11.7 Å². The number of cyclic esters (lactones) is 1. The highest BCUT2D eigenvalue weighted by Crippen LogP contribution is 2.43. The van der Waals surface area contributed by atoms with E-state index in [4.69, 9.17) is 4.74 Å². The summed E-state index contributed by atoms with van der Waals surface area (Å²) in [6.07, 6.45) is 0.733. The van der Waals surface area contributed by atoms with Gasteiger partial charge in [0.25, 0.3) is 5.56 Å². The summed E-state index contributed by atoms with van der Waals surface area (Å²) < 4.78 is 6.74. The van der Waals surface area contributed by atoms with E-state index in [9.17, 15) is 14.4 Å². The third-order valence-corrected chi connectivity index (χ3v) is 4.92. The predicted octanol–water partition coefficient (Wildman–Crippen LogP) is 1.62. The van der Waals surface area contributed by atoms with Crippen LogP contribution < -0.4 is 16.6 Å². The van der Waals surface area contributed by atoms with Crippen LogP contribution in [-0.4, -0.2) is 22.1 Å². The number of carbonyl (C=O) groups excluding carboxylic acids is 1. The molecule has 1 aromatic carbocycles. The Morgan fingerprint density at radius 3 is 2.73 bits per heavy atom. The third kappa shape index (κ3) is 2.31.